The summed E-state index contributed by atoms with van der Waals surface area (Å²) in [6.45, 7) is 4.54. The highest BCUT2D eigenvalue weighted by Crippen LogP contribution is 2.39. The van der Waals surface area contributed by atoms with Gasteiger partial charge in [0, 0.05) is 0 Å². The molecule has 0 aliphatic heterocycles. The van der Waals surface area contributed by atoms with Gasteiger partial charge in [-0.3, -0.25) is 4.52 Å². The first-order valence-electron chi connectivity index (χ1n) is 17.4. The van der Waals surface area contributed by atoms with Gasteiger partial charge in [0.15, 0.2) is 0 Å². The van der Waals surface area contributed by atoms with Crippen LogP contribution in [0.1, 0.15) is 200 Å². The maximum absolute atomic E-state index is 11.4. The monoisotopic (exact) mass is 572 g/mol. The zero-order chi connectivity index (χ0) is 28.7. The molecule has 0 aliphatic carbocycles. The van der Waals surface area contributed by atoms with Crippen molar-refractivity contribution in [2.75, 3.05) is 0 Å². The first kappa shape index (κ1) is 38.9. The van der Waals surface area contributed by atoms with Gasteiger partial charge in [0.1, 0.15) is 0 Å². The SMILES string of the molecule is CCCCCCCC/C=C\CCCCCCCC(CCCCCCCCCCCCCCCC)OP(=O)(O)O. The topological polar surface area (TPSA) is 66.8 Å². The number of unbranched alkanes of at least 4 members (excludes halogenated alkanes) is 24. The van der Waals surface area contributed by atoms with Crippen LogP contribution in [-0.4, -0.2) is 15.9 Å². The van der Waals surface area contributed by atoms with E-state index in [9.17, 15) is 14.4 Å². The summed E-state index contributed by atoms with van der Waals surface area (Å²) in [5.74, 6) is 0. The molecule has 2 N–H and O–H groups in total. The molecule has 5 heteroatoms. The third-order valence-electron chi connectivity index (χ3n) is 7.95. The minimum atomic E-state index is -4.41. The molecule has 234 valence electrons. The van der Waals surface area contributed by atoms with Crippen LogP contribution in [0.15, 0.2) is 12.2 Å². The van der Waals surface area contributed by atoms with Crippen LogP contribution in [0, 0.1) is 0 Å². The Morgan fingerprint density at radius 1 is 0.487 bits per heavy atom. The van der Waals surface area contributed by atoms with Crippen molar-refractivity contribution in [2.45, 2.75) is 206 Å². The summed E-state index contributed by atoms with van der Waals surface area (Å²) in [5.41, 5.74) is 0. The zero-order valence-electron chi connectivity index (χ0n) is 26.4. The van der Waals surface area contributed by atoms with Gasteiger partial charge in [-0.05, 0) is 38.5 Å². The molecule has 0 saturated heterocycles. The van der Waals surface area contributed by atoms with Crippen molar-refractivity contribution < 1.29 is 18.9 Å². The van der Waals surface area contributed by atoms with Crippen LogP contribution in [0.5, 0.6) is 0 Å². The molecule has 0 rings (SSSR count). The molecular formula is C34H69O4P. The third kappa shape index (κ3) is 34.0. The Balaban J connectivity index is 3.66. The third-order valence-corrected chi connectivity index (χ3v) is 8.53. The summed E-state index contributed by atoms with van der Waals surface area (Å²) >= 11 is 0. The lowest BCUT2D eigenvalue weighted by Crippen LogP contribution is -2.11. The van der Waals surface area contributed by atoms with E-state index in [1.807, 2.05) is 0 Å². The number of phosphoric ester groups is 1. The van der Waals surface area contributed by atoms with Crippen LogP contribution in [0.25, 0.3) is 0 Å². The van der Waals surface area contributed by atoms with Crippen LogP contribution in [0.2, 0.25) is 0 Å². The van der Waals surface area contributed by atoms with E-state index in [1.165, 1.54) is 148 Å². The number of hydrogen-bond donors (Lipinski definition) is 2. The van der Waals surface area contributed by atoms with Gasteiger partial charge in [-0.2, -0.15) is 0 Å². The molecule has 39 heavy (non-hydrogen) atoms. The van der Waals surface area contributed by atoms with E-state index in [0.717, 1.165) is 38.5 Å². The molecule has 0 bridgehead atoms. The standard InChI is InChI=1S/C34H69O4P/c1-3-5-7-9-11-13-15-17-19-21-23-25-27-29-31-33-34(38-39(35,36)37)32-30-28-26-24-22-20-18-16-14-12-10-8-6-4-2/h17,19,34H,3-16,18,20-33H2,1-2H3,(H2,35,36,37)/b19-17-. The Bertz CT molecular complexity index is 545. The van der Waals surface area contributed by atoms with E-state index in [1.54, 1.807) is 0 Å². The summed E-state index contributed by atoms with van der Waals surface area (Å²) in [4.78, 5) is 18.6. The van der Waals surface area contributed by atoms with Crippen molar-refractivity contribution in [3.8, 4) is 0 Å². The maximum Gasteiger partial charge on any atom is 0.469 e. The first-order valence-corrected chi connectivity index (χ1v) is 18.9. The number of rotatable bonds is 32. The maximum atomic E-state index is 11.4. The minimum Gasteiger partial charge on any atom is -0.303 e. The molecule has 0 saturated carbocycles. The van der Waals surface area contributed by atoms with Gasteiger partial charge < -0.3 is 9.79 Å². The van der Waals surface area contributed by atoms with E-state index >= 15 is 0 Å². The predicted molar refractivity (Wildman–Crippen MR) is 171 cm³/mol. The van der Waals surface area contributed by atoms with E-state index < -0.39 is 7.82 Å². The lowest BCUT2D eigenvalue weighted by atomic mass is 10.0. The number of hydrogen-bond acceptors (Lipinski definition) is 2. The van der Waals surface area contributed by atoms with E-state index in [-0.39, 0.29) is 6.10 Å². The van der Waals surface area contributed by atoms with Crippen LogP contribution < -0.4 is 0 Å². The van der Waals surface area contributed by atoms with E-state index in [2.05, 4.69) is 26.0 Å². The Kier molecular flexibility index (Phi) is 30.7. The highest BCUT2D eigenvalue weighted by molar-refractivity contribution is 7.46. The van der Waals surface area contributed by atoms with Crippen LogP contribution in [0.3, 0.4) is 0 Å². The van der Waals surface area contributed by atoms with Crippen molar-refractivity contribution in [3.05, 3.63) is 12.2 Å². The van der Waals surface area contributed by atoms with Crippen molar-refractivity contribution in [1.29, 1.82) is 0 Å². The molecule has 0 aromatic rings. The first-order chi connectivity index (χ1) is 19.0. The van der Waals surface area contributed by atoms with Crippen molar-refractivity contribution >= 4 is 7.82 Å². The summed E-state index contributed by atoms with van der Waals surface area (Å²) < 4.78 is 16.5. The molecule has 0 aromatic carbocycles. The van der Waals surface area contributed by atoms with Gasteiger partial charge in [-0.15, -0.1) is 0 Å². The molecule has 4 nitrogen and oxygen atoms in total. The molecule has 0 aliphatic rings. The summed E-state index contributed by atoms with van der Waals surface area (Å²) in [7, 11) is -4.41. The fourth-order valence-electron chi connectivity index (χ4n) is 5.45. The fraction of sp³-hybridized carbons (Fsp3) is 0.941. The van der Waals surface area contributed by atoms with Gasteiger partial charge in [-0.25, -0.2) is 4.57 Å². The second-order valence-corrected chi connectivity index (χ2v) is 13.2. The van der Waals surface area contributed by atoms with Crippen LogP contribution >= 0.6 is 7.82 Å². The van der Waals surface area contributed by atoms with Gasteiger partial charge in [0.2, 0.25) is 0 Å². The zero-order valence-corrected chi connectivity index (χ0v) is 27.3. The van der Waals surface area contributed by atoms with E-state index in [0.29, 0.717) is 0 Å². The Labute approximate surface area is 244 Å². The van der Waals surface area contributed by atoms with Crippen LogP contribution in [-0.2, 0) is 9.09 Å². The van der Waals surface area contributed by atoms with Crippen molar-refractivity contribution in [2.24, 2.45) is 0 Å². The normalized spacial score (nSPS) is 13.0. The lowest BCUT2D eigenvalue weighted by molar-refractivity contribution is 0.115. The lowest BCUT2D eigenvalue weighted by Gasteiger charge is -2.18. The highest BCUT2D eigenvalue weighted by Gasteiger charge is 2.21. The van der Waals surface area contributed by atoms with Gasteiger partial charge >= 0.3 is 7.82 Å². The molecule has 0 aromatic heterocycles. The molecule has 1 atom stereocenters. The summed E-state index contributed by atoms with van der Waals surface area (Å²) in [6.07, 6.45) is 40.8. The molecule has 0 radical (unpaired) electrons. The van der Waals surface area contributed by atoms with Gasteiger partial charge in [0.05, 0.1) is 6.10 Å². The largest absolute Gasteiger partial charge is 0.469 e. The number of allylic oxidation sites excluding steroid dienone is 2. The predicted octanol–water partition coefficient (Wildman–Crippen LogP) is 12.4. The molecule has 1 unspecified atom stereocenters. The molecule has 0 fully saturated rings. The molecule has 0 heterocycles. The van der Waals surface area contributed by atoms with Crippen molar-refractivity contribution in [3.63, 3.8) is 0 Å². The van der Waals surface area contributed by atoms with Gasteiger partial charge in [0.25, 0.3) is 0 Å². The fourth-order valence-corrected chi connectivity index (χ4v) is 6.05. The van der Waals surface area contributed by atoms with Crippen molar-refractivity contribution in [1.82, 2.24) is 0 Å². The quantitative estimate of drug-likeness (QED) is 0.0478. The average molecular weight is 573 g/mol. The molecular weight excluding hydrogens is 503 g/mol. The Morgan fingerprint density at radius 2 is 0.769 bits per heavy atom. The van der Waals surface area contributed by atoms with Crippen LogP contribution in [0.4, 0.5) is 0 Å². The summed E-state index contributed by atoms with van der Waals surface area (Å²) in [6, 6.07) is 0. The second-order valence-electron chi connectivity index (χ2n) is 12.0. The van der Waals surface area contributed by atoms with Gasteiger partial charge in [-0.1, -0.05) is 174 Å². The second kappa shape index (κ2) is 30.8. The Morgan fingerprint density at radius 3 is 1.08 bits per heavy atom. The molecule has 0 amide bonds. The molecule has 0 spiro atoms. The summed E-state index contributed by atoms with van der Waals surface area (Å²) in [5, 5.41) is 0. The smallest absolute Gasteiger partial charge is 0.303 e. The Hall–Kier alpha value is -0.150. The van der Waals surface area contributed by atoms with E-state index in [4.69, 9.17) is 4.52 Å². The number of phosphoric acid groups is 1. The average Bonchev–Trinajstić information content (AvgIpc) is 2.90. The minimum absolute atomic E-state index is 0.298. The highest BCUT2D eigenvalue weighted by atomic mass is 31.2.